The minimum absolute atomic E-state index is 0.0994. The highest BCUT2D eigenvalue weighted by Gasteiger charge is 2.40. The Hall–Kier alpha value is -2.03. The van der Waals surface area contributed by atoms with Crippen LogP contribution in [-0.2, 0) is 4.79 Å². The number of piperazine rings is 1. The number of fused-ring (bicyclic) bond motifs is 4. The molecule has 0 radical (unpaired) electrons. The lowest BCUT2D eigenvalue weighted by Crippen LogP contribution is -2.62. The molecule has 4 fully saturated rings. The van der Waals surface area contributed by atoms with Crippen LogP contribution in [0.2, 0.25) is 0 Å². The first kappa shape index (κ1) is 19.0. The molecule has 4 aliphatic heterocycles. The Morgan fingerprint density at radius 2 is 2.03 bits per heavy atom. The summed E-state index contributed by atoms with van der Waals surface area (Å²) in [5.74, 6) is 0.545. The largest absolute Gasteiger partial charge is 0.346 e. The number of anilines is 1. The van der Waals surface area contributed by atoms with Crippen molar-refractivity contribution in [3.63, 3.8) is 0 Å². The Bertz CT molecular complexity index is 950. The summed E-state index contributed by atoms with van der Waals surface area (Å²) >= 11 is 1.57. The van der Waals surface area contributed by atoms with Gasteiger partial charge in [0.2, 0.25) is 5.91 Å². The van der Waals surface area contributed by atoms with Gasteiger partial charge in [-0.2, -0.15) is 0 Å². The maximum absolute atomic E-state index is 13.0. The van der Waals surface area contributed by atoms with Gasteiger partial charge in [-0.1, -0.05) is 0 Å². The predicted octanol–water partition coefficient (Wildman–Crippen LogP) is 1.79. The molecule has 2 aromatic heterocycles. The molecule has 0 spiro atoms. The zero-order valence-corrected chi connectivity index (χ0v) is 17.7. The number of aromatic nitrogens is 1. The second kappa shape index (κ2) is 7.34. The number of hydrogen-bond acceptors (Lipinski definition) is 6. The van der Waals surface area contributed by atoms with Crippen LogP contribution in [0.1, 0.15) is 30.3 Å². The molecular weight excluding hydrogens is 386 g/mol. The number of amides is 2. The van der Waals surface area contributed by atoms with E-state index in [4.69, 9.17) is 0 Å². The predicted molar refractivity (Wildman–Crippen MR) is 114 cm³/mol. The van der Waals surface area contributed by atoms with Gasteiger partial charge in [0.1, 0.15) is 5.69 Å². The highest BCUT2D eigenvalue weighted by molar-refractivity contribution is 7.17. The minimum Gasteiger partial charge on any atom is -0.346 e. The number of pyridine rings is 1. The second-order valence-electron chi connectivity index (χ2n) is 8.58. The van der Waals surface area contributed by atoms with E-state index in [0.717, 1.165) is 48.2 Å². The molecule has 154 valence electrons. The fourth-order valence-corrected chi connectivity index (χ4v) is 5.97. The normalized spacial score (nSPS) is 30.1. The van der Waals surface area contributed by atoms with Gasteiger partial charge in [0.15, 0.2) is 0 Å². The van der Waals surface area contributed by atoms with Gasteiger partial charge >= 0.3 is 0 Å². The van der Waals surface area contributed by atoms with E-state index >= 15 is 0 Å². The van der Waals surface area contributed by atoms with Crippen LogP contribution in [0.4, 0.5) is 5.69 Å². The minimum atomic E-state index is -0.112. The first-order chi connectivity index (χ1) is 14.0. The van der Waals surface area contributed by atoms with Crippen molar-refractivity contribution in [2.75, 3.05) is 44.7 Å². The third-order valence-electron chi connectivity index (χ3n) is 6.85. The maximum atomic E-state index is 13.0. The average Bonchev–Trinajstić information content (AvgIpc) is 3.14. The lowest BCUT2D eigenvalue weighted by Gasteiger charge is -2.49. The van der Waals surface area contributed by atoms with E-state index in [1.54, 1.807) is 17.5 Å². The van der Waals surface area contributed by atoms with E-state index in [-0.39, 0.29) is 17.9 Å². The zero-order chi connectivity index (χ0) is 20.1. The fourth-order valence-electron chi connectivity index (χ4n) is 5.07. The Balaban J connectivity index is 1.39. The van der Waals surface area contributed by atoms with Gasteiger partial charge in [0.05, 0.1) is 16.9 Å². The van der Waals surface area contributed by atoms with Crippen molar-refractivity contribution in [1.82, 2.24) is 20.1 Å². The molecule has 8 heteroatoms. The molecule has 2 bridgehead atoms. The average molecular weight is 414 g/mol. The molecule has 7 nitrogen and oxygen atoms in total. The number of carbonyl (C=O) groups excluding carboxylic acids is 2. The van der Waals surface area contributed by atoms with Crippen LogP contribution in [0.15, 0.2) is 17.6 Å². The third kappa shape index (κ3) is 3.33. The molecule has 6 heterocycles. The van der Waals surface area contributed by atoms with Crippen LogP contribution in [0.25, 0.3) is 10.1 Å². The molecule has 6 rings (SSSR count). The van der Waals surface area contributed by atoms with Gasteiger partial charge < -0.3 is 10.2 Å². The molecule has 0 saturated carbocycles. The molecule has 4 aliphatic rings. The van der Waals surface area contributed by atoms with Crippen molar-refractivity contribution in [1.29, 1.82) is 0 Å². The van der Waals surface area contributed by atoms with Gasteiger partial charge in [-0.3, -0.25) is 19.4 Å². The Morgan fingerprint density at radius 1 is 1.24 bits per heavy atom. The van der Waals surface area contributed by atoms with E-state index in [9.17, 15) is 9.59 Å². The summed E-state index contributed by atoms with van der Waals surface area (Å²) in [5, 5.41) is 6.21. The maximum Gasteiger partial charge on any atom is 0.270 e. The van der Waals surface area contributed by atoms with E-state index in [2.05, 4.69) is 22.1 Å². The number of hydrogen-bond donors (Lipinski definition) is 1. The van der Waals surface area contributed by atoms with Crippen molar-refractivity contribution in [2.24, 2.45) is 5.92 Å². The second-order valence-corrected chi connectivity index (χ2v) is 9.49. The first-order valence-corrected chi connectivity index (χ1v) is 11.3. The molecule has 2 aromatic rings. The monoisotopic (exact) mass is 413 g/mol. The van der Waals surface area contributed by atoms with Crippen LogP contribution in [0, 0.1) is 5.92 Å². The van der Waals surface area contributed by atoms with Gasteiger partial charge in [0, 0.05) is 42.1 Å². The summed E-state index contributed by atoms with van der Waals surface area (Å²) in [6, 6.07) is 2.41. The van der Waals surface area contributed by atoms with E-state index in [1.807, 2.05) is 28.3 Å². The number of nitrogens with zero attached hydrogens (tertiary/aromatic N) is 4. The van der Waals surface area contributed by atoms with E-state index in [1.165, 1.54) is 0 Å². The van der Waals surface area contributed by atoms with Crippen molar-refractivity contribution < 1.29 is 9.59 Å². The molecule has 4 saturated heterocycles. The van der Waals surface area contributed by atoms with Crippen molar-refractivity contribution in [2.45, 2.75) is 31.8 Å². The number of likely N-dealkylation sites (N-methyl/N-ethyl adjacent to an activating group) is 1. The molecular formula is C21H27N5O2S. The summed E-state index contributed by atoms with van der Waals surface area (Å²) in [6.45, 7) is 6.43. The lowest BCUT2D eigenvalue weighted by atomic mass is 9.79. The Morgan fingerprint density at radius 3 is 2.76 bits per heavy atom. The number of thiophene rings is 1. The number of carbonyl (C=O) groups is 2. The topological polar surface area (TPSA) is 68.8 Å². The van der Waals surface area contributed by atoms with Gasteiger partial charge in [-0.25, -0.2) is 4.98 Å². The number of nitrogens with one attached hydrogen (secondary N) is 1. The Labute approximate surface area is 174 Å². The van der Waals surface area contributed by atoms with Gasteiger partial charge in [-0.05, 0) is 51.9 Å². The first-order valence-electron chi connectivity index (χ1n) is 10.4. The smallest absolute Gasteiger partial charge is 0.270 e. The highest BCUT2D eigenvalue weighted by Crippen LogP contribution is 2.35. The van der Waals surface area contributed by atoms with E-state index < -0.39 is 0 Å². The summed E-state index contributed by atoms with van der Waals surface area (Å²) in [5.41, 5.74) is 1.33. The number of piperidine rings is 3. The van der Waals surface area contributed by atoms with Crippen LogP contribution in [-0.4, -0.2) is 78.5 Å². The zero-order valence-electron chi connectivity index (χ0n) is 16.9. The van der Waals surface area contributed by atoms with Crippen molar-refractivity contribution >= 4 is 38.9 Å². The molecule has 2 atom stereocenters. The third-order valence-corrected chi connectivity index (χ3v) is 7.77. The quantitative estimate of drug-likeness (QED) is 0.831. The summed E-state index contributed by atoms with van der Waals surface area (Å²) < 4.78 is 1.000. The molecule has 29 heavy (non-hydrogen) atoms. The van der Waals surface area contributed by atoms with Crippen LogP contribution >= 0.6 is 11.3 Å². The van der Waals surface area contributed by atoms with Crippen LogP contribution in [0.5, 0.6) is 0 Å². The van der Waals surface area contributed by atoms with Crippen LogP contribution in [0.3, 0.4) is 0 Å². The van der Waals surface area contributed by atoms with Crippen molar-refractivity contribution in [3.05, 3.63) is 23.3 Å². The lowest BCUT2D eigenvalue weighted by molar-refractivity contribution is -0.120. The van der Waals surface area contributed by atoms with Crippen molar-refractivity contribution in [3.8, 4) is 0 Å². The molecule has 0 aliphatic carbocycles. The van der Waals surface area contributed by atoms with E-state index in [0.29, 0.717) is 30.7 Å². The fraction of sp³-hybridized carbons (Fsp3) is 0.571. The van der Waals surface area contributed by atoms with Gasteiger partial charge in [-0.15, -0.1) is 11.3 Å². The van der Waals surface area contributed by atoms with Gasteiger partial charge in [0.25, 0.3) is 5.91 Å². The summed E-state index contributed by atoms with van der Waals surface area (Å²) in [4.78, 5) is 36.3. The standard InChI is InChI=1S/C21H27N5O2S/c1-13-20(14-3-5-25(13)6-4-14)23-21(28)16-9-15-17(12-29-18(15)10-22-16)26-8-7-24(2)11-19(26)27/h9-10,12-14,20H,3-8,11H2,1-2H3,(H,23,28)/t13-,20-/m0/s1. The van der Waals surface area contributed by atoms with Crippen LogP contribution < -0.4 is 10.2 Å². The molecule has 2 amide bonds. The molecule has 0 aromatic carbocycles. The number of rotatable bonds is 3. The summed E-state index contributed by atoms with van der Waals surface area (Å²) in [6.07, 6.45) is 4.07. The highest BCUT2D eigenvalue weighted by atomic mass is 32.1. The molecule has 0 unspecified atom stereocenters. The Kier molecular flexibility index (Phi) is 4.80. The molecule has 1 N–H and O–H groups in total. The SMILES string of the molecule is C[C@H]1[C@H](NC(=O)c2cc3c(N4CCN(C)CC4=O)csc3cn2)C2CCN1CC2. The summed E-state index contributed by atoms with van der Waals surface area (Å²) in [7, 11) is 1.96.